The monoisotopic (exact) mass is 562 g/mol. The number of aliphatic carboxylic acids is 2. The quantitative estimate of drug-likeness (QED) is 0.310. The van der Waals surface area contributed by atoms with Crippen molar-refractivity contribution >= 4 is 46.3 Å². The molecule has 0 aliphatic carbocycles. The van der Waals surface area contributed by atoms with E-state index in [0.717, 1.165) is 0 Å². The molecule has 2 aliphatic rings. The van der Waals surface area contributed by atoms with Gasteiger partial charge in [0.25, 0.3) is 23.6 Å². The van der Waals surface area contributed by atoms with Crippen LogP contribution in [-0.4, -0.2) is 67.7 Å². The number of nitrogens with zero attached hydrogens (tertiary/aromatic N) is 2. The maximum atomic E-state index is 13.7. The van der Waals surface area contributed by atoms with Gasteiger partial charge in [0.05, 0.1) is 0 Å². The third-order valence-electron chi connectivity index (χ3n) is 7.69. The van der Waals surface area contributed by atoms with Gasteiger partial charge in [0.15, 0.2) is 0 Å². The molecule has 10 heteroatoms. The number of carboxylic acids is 2. The lowest BCUT2D eigenvalue weighted by Crippen LogP contribution is -2.53. The van der Waals surface area contributed by atoms with E-state index in [1.807, 2.05) is 0 Å². The number of carboxylic acid groups (broad SMARTS) is 2. The molecule has 0 radical (unpaired) electrons. The molecule has 0 fully saturated rings. The lowest BCUT2D eigenvalue weighted by molar-refractivity contribution is -0.142. The third kappa shape index (κ3) is 4.12. The predicted octanol–water partition coefficient (Wildman–Crippen LogP) is 3.42. The summed E-state index contributed by atoms with van der Waals surface area (Å²) in [5.74, 6) is -6.20. The van der Waals surface area contributed by atoms with Crippen molar-refractivity contribution in [1.82, 2.24) is 9.80 Å². The Bertz CT molecular complexity index is 1630. The first-order valence-electron chi connectivity index (χ1n) is 13.1. The Morgan fingerprint density at radius 1 is 0.500 bits per heavy atom. The molecule has 6 rings (SSSR count). The number of imide groups is 2. The lowest BCUT2D eigenvalue weighted by Gasteiger charge is -2.35. The van der Waals surface area contributed by atoms with Gasteiger partial charge in [-0.2, -0.15) is 0 Å². The summed E-state index contributed by atoms with van der Waals surface area (Å²) < 4.78 is 0. The maximum Gasteiger partial charge on any atom is 0.327 e. The van der Waals surface area contributed by atoms with Crippen molar-refractivity contribution < 1.29 is 39.0 Å². The van der Waals surface area contributed by atoms with E-state index in [2.05, 4.69) is 0 Å². The van der Waals surface area contributed by atoms with Gasteiger partial charge in [0.1, 0.15) is 12.1 Å². The van der Waals surface area contributed by atoms with Crippen LogP contribution in [0.15, 0.2) is 84.9 Å². The number of carbonyl (C=O) groups excluding carboxylic acids is 4. The smallest absolute Gasteiger partial charge is 0.327 e. The fraction of sp³-hybridized carbons (Fsp3) is 0.125. The van der Waals surface area contributed by atoms with E-state index in [1.54, 1.807) is 60.7 Å². The molecule has 2 atom stereocenters. The van der Waals surface area contributed by atoms with E-state index < -0.39 is 47.7 Å². The topological polar surface area (TPSA) is 149 Å². The molecule has 4 amide bonds. The number of benzene rings is 4. The molecule has 0 saturated heterocycles. The van der Waals surface area contributed by atoms with E-state index in [9.17, 15) is 39.0 Å². The SMILES string of the molecule is O=C(O)[C@@H](Cc1ccccc1)N1C(=O)c2ccc3c4c(ccc(c24)C1=O)C(=O)N([C@H](Cc1ccccc1)C(=O)O)C3=O. The second-order valence-corrected chi connectivity index (χ2v) is 10.1. The van der Waals surface area contributed by atoms with Gasteiger partial charge in [-0.3, -0.25) is 29.0 Å². The van der Waals surface area contributed by atoms with Crippen LogP contribution in [0.1, 0.15) is 52.6 Å². The van der Waals surface area contributed by atoms with Crippen LogP contribution in [0.5, 0.6) is 0 Å². The molecule has 4 aromatic rings. The minimum atomic E-state index is -1.50. The molecule has 2 aliphatic heterocycles. The van der Waals surface area contributed by atoms with Gasteiger partial charge in [0, 0.05) is 45.9 Å². The summed E-state index contributed by atoms with van der Waals surface area (Å²) in [4.78, 5) is 80.8. The number of hydrogen-bond acceptors (Lipinski definition) is 6. The molecular formula is C32H22N2O8. The average Bonchev–Trinajstić information content (AvgIpc) is 2.98. The summed E-state index contributed by atoms with van der Waals surface area (Å²) in [5.41, 5.74) is 1.10. The van der Waals surface area contributed by atoms with Crippen molar-refractivity contribution in [3.63, 3.8) is 0 Å². The predicted molar refractivity (Wildman–Crippen MR) is 148 cm³/mol. The highest BCUT2D eigenvalue weighted by atomic mass is 16.4. The van der Waals surface area contributed by atoms with E-state index in [4.69, 9.17) is 0 Å². The average molecular weight is 563 g/mol. The van der Waals surface area contributed by atoms with Crippen LogP contribution in [-0.2, 0) is 22.4 Å². The van der Waals surface area contributed by atoms with Gasteiger partial charge in [-0.1, -0.05) is 60.7 Å². The molecule has 0 unspecified atom stereocenters. The summed E-state index contributed by atoms with van der Waals surface area (Å²) in [5, 5.41) is 20.2. The minimum Gasteiger partial charge on any atom is -0.480 e. The fourth-order valence-electron chi connectivity index (χ4n) is 5.73. The number of hydrogen-bond donors (Lipinski definition) is 2. The summed E-state index contributed by atoms with van der Waals surface area (Å²) in [6, 6.07) is 19.4. The first-order valence-corrected chi connectivity index (χ1v) is 13.1. The van der Waals surface area contributed by atoms with Crippen molar-refractivity contribution in [3.8, 4) is 0 Å². The molecule has 10 nitrogen and oxygen atoms in total. The van der Waals surface area contributed by atoms with Crippen LogP contribution in [0.2, 0.25) is 0 Å². The molecule has 0 aromatic heterocycles. The summed E-state index contributed by atoms with van der Waals surface area (Å²) >= 11 is 0. The van der Waals surface area contributed by atoms with Gasteiger partial charge in [0.2, 0.25) is 0 Å². The summed E-state index contributed by atoms with van der Waals surface area (Å²) in [6.07, 6.45) is -0.238. The molecule has 2 N–H and O–H groups in total. The third-order valence-corrected chi connectivity index (χ3v) is 7.69. The van der Waals surface area contributed by atoms with Crippen LogP contribution in [0.3, 0.4) is 0 Å². The van der Waals surface area contributed by atoms with Crippen molar-refractivity contribution in [2.75, 3.05) is 0 Å². The van der Waals surface area contributed by atoms with E-state index in [1.165, 1.54) is 24.3 Å². The van der Waals surface area contributed by atoms with Crippen LogP contribution in [0.4, 0.5) is 0 Å². The van der Waals surface area contributed by atoms with Gasteiger partial charge < -0.3 is 10.2 Å². The van der Waals surface area contributed by atoms with Gasteiger partial charge in [-0.15, -0.1) is 0 Å². The largest absolute Gasteiger partial charge is 0.480 e. The Morgan fingerprint density at radius 2 is 0.786 bits per heavy atom. The van der Waals surface area contributed by atoms with Crippen molar-refractivity contribution in [2.24, 2.45) is 0 Å². The molecule has 0 bridgehead atoms. The Kier molecular flexibility index (Phi) is 6.38. The lowest BCUT2D eigenvalue weighted by atomic mass is 9.84. The Balaban J connectivity index is 1.44. The molecule has 2 heterocycles. The first kappa shape index (κ1) is 26.6. The Hall–Kier alpha value is -5.64. The van der Waals surface area contributed by atoms with Crippen molar-refractivity contribution in [2.45, 2.75) is 24.9 Å². The van der Waals surface area contributed by atoms with Crippen molar-refractivity contribution in [1.29, 1.82) is 0 Å². The van der Waals surface area contributed by atoms with Crippen LogP contribution >= 0.6 is 0 Å². The van der Waals surface area contributed by atoms with Gasteiger partial charge in [-0.05, 0) is 35.4 Å². The normalized spacial score (nSPS) is 15.6. The standard InChI is InChI=1S/C32H22N2O8/c35-27-19-11-13-21-26-22(30(38)34(29(21)37)24(32(41)42)16-18-9-5-2-6-10-18)14-12-20(25(19)26)28(36)33(27)23(31(39)40)15-17-7-3-1-4-8-17/h1-14,23-24H,15-16H2,(H,39,40)(H,41,42)/t23-,24-/m1/s1. The van der Waals surface area contributed by atoms with E-state index >= 15 is 0 Å². The first-order chi connectivity index (χ1) is 20.2. The van der Waals surface area contributed by atoms with Gasteiger partial charge in [-0.25, -0.2) is 9.59 Å². The van der Waals surface area contributed by atoms with E-state index in [0.29, 0.717) is 20.9 Å². The van der Waals surface area contributed by atoms with Crippen molar-refractivity contribution in [3.05, 3.63) is 118 Å². The minimum absolute atomic E-state index is 0.0300. The molecule has 0 spiro atoms. The van der Waals surface area contributed by atoms with Crippen LogP contribution in [0.25, 0.3) is 10.8 Å². The second kappa shape index (κ2) is 10.1. The highest BCUT2D eigenvalue weighted by Crippen LogP contribution is 2.39. The summed E-state index contributed by atoms with van der Waals surface area (Å²) in [7, 11) is 0. The second-order valence-electron chi connectivity index (χ2n) is 10.1. The highest BCUT2D eigenvalue weighted by Gasteiger charge is 2.45. The summed E-state index contributed by atoms with van der Waals surface area (Å²) in [6.45, 7) is 0. The van der Waals surface area contributed by atoms with Crippen LogP contribution < -0.4 is 0 Å². The number of amides is 4. The fourth-order valence-corrected chi connectivity index (χ4v) is 5.73. The molecule has 42 heavy (non-hydrogen) atoms. The Morgan fingerprint density at radius 3 is 1.05 bits per heavy atom. The number of rotatable bonds is 8. The van der Waals surface area contributed by atoms with E-state index in [-0.39, 0.29) is 45.9 Å². The number of carbonyl (C=O) groups is 6. The zero-order chi connectivity index (χ0) is 29.7. The molecule has 208 valence electrons. The molecule has 0 saturated carbocycles. The maximum absolute atomic E-state index is 13.7. The Labute approximate surface area is 238 Å². The van der Waals surface area contributed by atoms with Gasteiger partial charge >= 0.3 is 11.9 Å². The zero-order valence-electron chi connectivity index (χ0n) is 21.9. The zero-order valence-corrected chi connectivity index (χ0v) is 21.9. The highest BCUT2D eigenvalue weighted by molar-refractivity contribution is 6.34. The molecule has 4 aromatic carbocycles. The molecular weight excluding hydrogens is 540 g/mol. The van der Waals surface area contributed by atoms with Crippen LogP contribution in [0, 0.1) is 0 Å².